The largest absolute Gasteiger partial charge is 0.465 e. The van der Waals surface area contributed by atoms with E-state index < -0.39 is 10.0 Å². The third-order valence-corrected chi connectivity index (χ3v) is 6.53. The van der Waals surface area contributed by atoms with E-state index in [9.17, 15) is 8.42 Å². The van der Waals surface area contributed by atoms with E-state index in [1.54, 1.807) is 6.33 Å². The molecule has 4 rings (SSSR count). The second-order valence-electron chi connectivity index (χ2n) is 7.21. The van der Waals surface area contributed by atoms with Gasteiger partial charge in [0.25, 0.3) is 0 Å². The zero-order chi connectivity index (χ0) is 20.3. The fourth-order valence-electron chi connectivity index (χ4n) is 3.62. The van der Waals surface area contributed by atoms with Crippen molar-refractivity contribution in [3.8, 4) is 0 Å². The Bertz CT molecular complexity index is 1050. The fourth-order valence-corrected chi connectivity index (χ4v) is 4.61. The first-order chi connectivity index (χ1) is 14.0. The minimum absolute atomic E-state index is 0.0135. The van der Waals surface area contributed by atoms with Crippen LogP contribution in [0.1, 0.15) is 17.6 Å². The zero-order valence-electron chi connectivity index (χ0n) is 16.5. The van der Waals surface area contributed by atoms with Crippen molar-refractivity contribution in [3.63, 3.8) is 0 Å². The number of nitrogens with one attached hydrogen (secondary N) is 1. The van der Waals surface area contributed by atoms with Crippen LogP contribution in [0.25, 0.3) is 11.0 Å². The van der Waals surface area contributed by atoms with Crippen LogP contribution in [0.3, 0.4) is 0 Å². The number of ether oxygens (including phenoxy) is 1. The number of sulfonamides is 1. The summed E-state index contributed by atoms with van der Waals surface area (Å²) in [6.45, 7) is 5.25. The zero-order valence-corrected chi connectivity index (χ0v) is 17.3. The summed E-state index contributed by atoms with van der Waals surface area (Å²) < 4.78 is 41.2. The number of imidazole rings is 1. The van der Waals surface area contributed by atoms with Crippen LogP contribution in [0.4, 0.5) is 0 Å². The first kappa shape index (κ1) is 20.1. The van der Waals surface area contributed by atoms with Crippen LogP contribution >= 0.6 is 0 Å². The van der Waals surface area contributed by atoms with Gasteiger partial charge in [0.05, 0.1) is 42.4 Å². The lowest BCUT2D eigenvalue weighted by molar-refractivity contribution is 0.0127. The van der Waals surface area contributed by atoms with Crippen molar-refractivity contribution in [1.82, 2.24) is 19.2 Å². The molecule has 156 valence electrons. The monoisotopic (exact) mass is 418 g/mol. The van der Waals surface area contributed by atoms with Crippen LogP contribution in [-0.4, -0.2) is 61.5 Å². The smallest absolute Gasteiger partial charge is 0.213 e. The quantitative estimate of drug-likeness (QED) is 0.601. The highest BCUT2D eigenvalue weighted by molar-refractivity contribution is 7.89. The van der Waals surface area contributed by atoms with E-state index in [0.717, 1.165) is 35.6 Å². The van der Waals surface area contributed by atoms with Gasteiger partial charge in [0.2, 0.25) is 10.0 Å². The Morgan fingerprint density at radius 2 is 1.97 bits per heavy atom. The van der Waals surface area contributed by atoms with Crippen molar-refractivity contribution >= 4 is 21.1 Å². The van der Waals surface area contributed by atoms with E-state index in [4.69, 9.17) is 9.15 Å². The molecule has 2 aromatic heterocycles. The van der Waals surface area contributed by atoms with Crippen molar-refractivity contribution in [1.29, 1.82) is 0 Å². The maximum absolute atomic E-state index is 12.7. The highest BCUT2D eigenvalue weighted by Crippen LogP contribution is 2.23. The average molecular weight is 419 g/mol. The summed E-state index contributed by atoms with van der Waals surface area (Å²) in [5.74, 6) is 1.57. The van der Waals surface area contributed by atoms with Crippen LogP contribution < -0.4 is 4.72 Å². The summed E-state index contributed by atoms with van der Waals surface area (Å²) in [6.07, 6.45) is 1.68. The van der Waals surface area contributed by atoms with Crippen LogP contribution in [0.2, 0.25) is 0 Å². The molecule has 0 spiro atoms. The summed E-state index contributed by atoms with van der Waals surface area (Å²) >= 11 is 0. The van der Waals surface area contributed by atoms with Crippen LogP contribution in [0.5, 0.6) is 0 Å². The van der Waals surface area contributed by atoms with Crippen molar-refractivity contribution < 1.29 is 17.6 Å². The van der Waals surface area contributed by atoms with Gasteiger partial charge in [-0.1, -0.05) is 12.1 Å². The van der Waals surface area contributed by atoms with Crippen LogP contribution in [0.15, 0.2) is 47.1 Å². The van der Waals surface area contributed by atoms with Crippen molar-refractivity contribution in [2.45, 2.75) is 19.5 Å². The van der Waals surface area contributed by atoms with Gasteiger partial charge in [-0.25, -0.2) is 18.1 Å². The Morgan fingerprint density at radius 3 is 2.72 bits per heavy atom. The van der Waals surface area contributed by atoms with Crippen LogP contribution in [-0.2, 0) is 21.3 Å². The molecular weight excluding hydrogens is 392 g/mol. The number of nitrogens with zero attached hydrogens (tertiary/aromatic N) is 3. The minimum Gasteiger partial charge on any atom is -0.465 e. The van der Waals surface area contributed by atoms with E-state index in [1.165, 1.54) is 0 Å². The standard InChI is InChI=1S/C20H26N4O4S/c1-16-6-7-20(28-16)19(23-8-11-27-12-9-23)14-22-29(25,26)13-10-24-15-21-17-4-2-3-5-18(17)24/h2-7,15,19,22H,8-14H2,1H3/t19-/m0/s1. The van der Waals surface area contributed by atoms with Gasteiger partial charge >= 0.3 is 0 Å². The van der Waals surface area contributed by atoms with Crippen molar-refractivity contribution in [2.24, 2.45) is 0 Å². The summed E-state index contributed by atoms with van der Waals surface area (Å²) in [4.78, 5) is 6.52. The molecule has 8 nitrogen and oxygen atoms in total. The molecule has 0 saturated carbocycles. The van der Waals surface area contributed by atoms with E-state index in [0.29, 0.717) is 19.8 Å². The van der Waals surface area contributed by atoms with Gasteiger partial charge in [-0.05, 0) is 31.2 Å². The minimum atomic E-state index is -3.46. The maximum atomic E-state index is 12.7. The van der Waals surface area contributed by atoms with Gasteiger partial charge < -0.3 is 13.7 Å². The molecule has 0 amide bonds. The maximum Gasteiger partial charge on any atom is 0.213 e. The average Bonchev–Trinajstić information content (AvgIpc) is 3.34. The lowest BCUT2D eigenvalue weighted by atomic mass is 10.2. The Morgan fingerprint density at radius 1 is 1.17 bits per heavy atom. The topological polar surface area (TPSA) is 89.6 Å². The molecule has 3 heterocycles. The first-order valence-corrected chi connectivity index (χ1v) is 11.4. The SMILES string of the molecule is Cc1ccc([C@H](CNS(=O)(=O)CCn2cnc3ccccc32)N2CCOCC2)o1. The third kappa shape index (κ3) is 4.87. The number of hydrogen-bond donors (Lipinski definition) is 1. The molecule has 1 aliphatic heterocycles. The number of furan rings is 1. The van der Waals surface area contributed by atoms with E-state index in [-0.39, 0.29) is 18.3 Å². The van der Waals surface area contributed by atoms with Gasteiger partial charge in [0, 0.05) is 26.2 Å². The highest BCUT2D eigenvalue weighted by atomic mass is 32.2. The number of para-hydroxylation sites is 2. The molecule has 29 heavy (non-hydrogen) atoms. The molecule has 0 radical (unpaired) electrons. The molecular formula is C20H26N4O4S. The molecule has 1 fully saturated rings. The van der Waals surface area contributed by atoms with Gasteiger partial charge in [-0.15, -0.1) is 0 Å². The number of morpholine rings is 1. The third-order valence-electron chi connectivity index (χ3n) is 5.20. The van der Waals surface area contributed by atoms with E-state index >= 15 is 0 Å². The Kier molecular flexibility index (Phi) is 6.00. The Balaban J connectivity index is 1.41. The van der Waals surface area contributed by atoms with E-state index in [2.05, 4.69) is 14.6 Å². The predicted molar refractivity (Wildman–Crippen MR) is 110 cm³/mol. The molecule has 1 N–H and O–H groups in total. The number of aryl methyl sites for hydroxylation is 2. The van der Waals surface area contributed by atoms with Gasteiger partial charge in [-0.2, -0.15) is 0 Å². The number of hydrogen-bond acceptors (Lipinski definition) is 6. The molecule has 0 bridgehead atoms. The van der Waals surface area contributed by atoms with E-state index in [1.807, 2.05) is 47.9 Å². The normalized spacial score (nSPS) is 17.0. The summed E-state index contributed by atoms with van der Waals surface area (Å²) in [5, 5.41) is 0. The number of fused-ring (bicyclic) bond motifs is 1. The Hall–Kier alpha value is -2.20. The fraction of sp³-hybridized carbons (Fsp3) is 0.450. The second-order valence-corrected chi connectivity index (χ2v) is 9.13. The molecule has 9 heteroatoms. The molecule has 1 aromatic carbocycles. The first-order valence-electron chi connectivity index (χ1n) is 9.77. The lowest BCUT2D eigenvalue weighted by Crippen LogP contribution is -2.44. The van der Waals surface area contributed by atoms with Gasteiger partial charge in [0.1, 0.15) is 11.5 Å². The van der Waals surface area contributed by atoms with Gasteiger partial charge in [-0.3, -0.25) is 4.90 Å². The second kappa shape index (κ2) is 8.66. The summed E-state index contributed by atoms with van der Waals surface area (Å²) in [6, 6.07) is 11.4. The highest BCUT2D eigenvalue weighted by Gasteiger charge is 2.26. The van der Waals surface area contributed by atoms with Crippen molar-refractivity contribution in [2.75, 3.05) is 38.6 Å². The van der Waals surface area contributed by atoms with Gasteiger partial charge in [0.15, 0.2) is 0 Å². The predicted octanol–water partition coefficient (Wildman–Crippen LogP) is 1.93. The molecule has 0 aliphatic carbocycles. The molecule has 1 saturated heterocycles. The number of benzene rings is 1. The lowest BCUT2D eigenvalue weighted by Gasteiger charge is -2.33. The van der Waals surface area contributed by atoms with Crippen LogP contribution in [0, 0.1) is 6.92 Å². The van der Waals surface area contributed by atoms with Crippen molar-refractivity contribution in [3.05, 3.63) is 54.2 Å². The summed E-state index contributed by atoms with van der Waals surface area (Å²) in [5.41, 5.74) is 1.79. The number of rotatable bonds is 8. The molecule has 3 aromatic rings. The summed E-state index contributed by atoms with van der Waals surface area (Å²) in [7, 11) is -3.46. The molecule has 1 atom stereocenters. The Labute approximate surface area is 170 Å². The molecule has 1 aliphatic rings. The molecule has 0 unspecified atom stereocenters. The number of aromatic nitrogens is 2.